The zero-order chi connectivity index (χ0) is 13.2. The number of benzene rings is 1. The summed E-state index contributed by atoms with van der Waals surface area (Å²) in [5.41, 5.74) is -0.666. The average molecular weight is 238 g/mol. The van der Waals surface area contributed by atoms with Gasteiger partial charge in [-0.2, -0.15) is 0 Å². The molecule has 0 saturated heterocycles. The van der Waals surface area contributed by atoms with Gasteiger partial charge in [0.25, 0.3) is 5.69 Å². The van der Waals surface area contributed by atoms with Crippen molar-refractivity contribution in [2.75, 3.05) is 5.32 Å². The van der Waals surface area contributed by atoms with Gasteiger partial charge in [0.2, 0.25) is 5.91 Å². The Hall–Kier alpha value is -2.11. The van der Waals surface area contributed by atoms with Crippen molar-refractivity contribution in [2.45, 2.75) is 20.8 Å². The number of phenolic OH excluding ortho intramolecular Hbond substituents is 1. The number of nitrogens with zero attached hydrogens (tertiary/aromatic N) is 1. The number of amides is 1. The molecule has 0 atom stereocenters. The van der Waals surface area contributed by atoms with Gasteiger partial charge in [-0.25, -0.2) is 0 Å². The van der Waals surface area contributed by atoms with E-state index < -0.39 is 10.3 Å². The highest BCUT2D eigenvalue weighted by Crippen LogP contribution is 2.29. The molecule has 1 amide bonds. The van der Waals surface area contributed by atoms with E-state index >= 15 is 0 Å². The number of aromatic hydroxyl groups is 1. The number of nitro benzene ring substituents is 1. The minimum absolute atomic E-state index is 0.163. The molecule has 0 spiro atoms. The highest BCUT2D eigenvalue weighted by molar-refractivity contribution is 5.95. The van der Waals surface area contributed by atoms with Crippen LogP contribution >= 0.6 is 0 Å². The second-order valence-electron chi connectivity index (χ2n) is 4.66. The van der Waals surface area contributed by atoms with Crippen LogP contribution < -0.4 is 5.32 Å². The molecule has 0 heterocycles. The van der Waals surface area contributed by atoms with Gasteiger partial charge in [-0.1, -0.05) is 20.8 Å². The van der Waals surface area contributed by atoms with Crippen LogP contribution in [0.1, 0.15) is 20.8 Å². The number of anilines is 1. The van der Waals surface area contributed by atoms with Gasteiger partial charge in [0.05, 0.1) is 16.7 Å². The number of carbonyl (C=O) groups excluding carboxylic acids is 1. The van der Waals surface area contributed by atoms with Crippen LogP contribution in [0.4, 0.5) is 11.4 Å². The summed E-state index contributed by atoms with van der Waals surface area (Å²) < 4.78 is 0. The first-order chi connectivity index (χ1) is 7.71. The smallest absolute Gasteiger partial charge is 0.273 e. The molecule has 0 aliphatic carbocycles. The number of carbonyl (C=O) groups is 1. The van der Waals surface area contributed by atoms with E-state index in [4.69, 9.17) is 0 Å². The molecule has 1 aromatic rings. The molecular formula is C11H14N2O4. The van der Waals surface area contributed by atoms with Crippen molar-refractivity contribution in [1.82, 2.24) is 0 Å². The van der Waals surface area contributed by atoms with Gasteiger partial charge < -0.3 is 10.4 Å². The third-order valence-corrected chi connectivity index (χ3v) is 2.12. The van der Waals surface area contributed by atoms with Crippen molar-refractivity contribution < 1.29 is 14.8 Å². The highest BCUT2D eigenvalue weighted by Gasteiger charge is 2.22. The lowest BCUT2D eigenvalue weighted by Gasteiger charge is -2.18. The molecule has 6 nitrogen and oxygen atoms in total. The minimum Gasteiger partial charge on any atom is -0.506 e. The summed E-state index contributed by atoms with van der Waals surface area (Å²) in [6.07, 6.45) is 0. The molecule has 6 heteroatoms. The number of hydrogen-bond acceptors (Lipinski definition) is 4. The molecule has 0 radical (unpaired) electrons. The lowest BCUT2D eigenvalue weighted by atomic mass is 9.95. The fourth-order valence-electron chi connectivity index (χ4n) is 1.05. The van der Waals surface area contributed by atoms with Crippen LogP contribution in [0.15, 0.2) is 18.2 Å². The summed E-state index contributed by atoms with van der Waals surface area (Å²) in [7, 11) is 0. The minimum atomic E-state index is -0.616. The summed E-state index contributed by atoms with van der Waals surface area (Å²) in [6, 6.07) is 3.52. The fraction of sp³-hybridized carbons (Fsp3) is 0.364. The zero-order valence-electron chi connectivity index (χ0n) is 9.85. The summed E-state index contributed by atoms with van der Waals surface area (Å²) in [6.45, 7) is 5.18. The maximum absolute atomic E-state index is 11.6. The summed E-state index contributed by atoms with van der Waals surface area (Å²) in [4.78, 5) is 21.5. The van der Waals surface area contributed by atoms with E-state index in [2.05, 4.69) is 5.32 Å². The Morgan fingerprint density at radius 3 is 2.41 bits per heavy atom. The van der Waals surface area contributed by atoms with Gasteiger partial charge in [-0.15, -0.1) is 0 Å². The lowest BCUT2D eigenvalue weighted by Crippen LogP contribution is -2.27. The highest BCUT2D eigenvalue weighted by atomic mass is 16.6. The number of nitrogens with one attached hydrogen (secondary N) is 1. The van der Waals surface area contributed by atoms with Crippen LogP contribution in [0.2, 0.25) is 0 Å². The first-order valence-electron chi connectivity index (χ1n) is 5.00. The summed E-state index contributed by atoms with van der Waals surface area (Å²) >= 11 is 0. The van der Waals surface area contributed by atoms with E-state index in [0.717, 1.165) is 6.07 Å². The second-order valence-corrected chi connectivity index (χ2v) is 4.66. The molecule has 1 aromatic carbocycles. The molecule has 2 N–H and O–H groups in total. The predicted octanol–water partition coefficient (Wildman–Crippen LogP) is 2.29. The molecular weight excluding hydrogens is 224 g/mol. The molecule has 0 aliphatic heterocycles. The van der Waals surface area contributed by atoms with Crippen molar-refractivity contribution in [3.05, 3.63) is 28.3 Å². The van der Waals surface area contributed by atoms with Crippen LogP contribution in [0.3, 0.4) is 0 Å². The maximum Gasteiger partial charge on any atom is 0.273 e. The van der Waals surface area contributed by atoms with Gasteiger partial charge in [0.15, 0.2) is 0 Å². The maximum atomic E-state index is 11.6. The predicted molar refractivity (Wildman–Crippen MR) is 62.8 cm³/mol. The first kappa shape index (κ1) is 13.0. The molecule has 0 saturated carbocycles. The van der Waals surface area contributed by atoms with E-state index in [1.807, 2.05) is 0 Å². The third kappa shape index (κ3) is 3.17. The Kier molecular flexibility index (Phi) is 3.36. The Bertz CT molecular complexity index is 463. The van der Waals surface area contributed by atoms with E-state index in [1.54, 1.807) is 20.8 Å². The number of rotatable bonds is 2. The van der Waals surface area contributed by atoms with Gasteiger partial charge >= 0.3 is 0 Å². The van der Waals surface area contributed by atoms with Crippen LogP contribution in [0.5, 0.6) is 5.75 Å². The van der Waals surface area contributed by atoms with E-state index in [-0.39, 0.29) is 23.0 Å². The second kappa shape index (κ2) is 4.40. The molecule has 17 heavy (non-hydrogen) atoms. The van der Waals surface area contributed by atoms with Gasteiger partial charge in [-0.05, 0) is 6.07 Å². The number of hydrogen-bond donors (Lipinski definition) is 2. The SMILES string of the molecule is CC(C)(C)C(=O)Nc1ccc([N+](=O)[O-])cc1O. The number of nitro groups is 1. The van der Waals surface area contributed by atoms with Crippen molar-refractivity contribution >= 4 is 17.3 Å². The lowest BCUT2D eigenvalue weighted by molar-refractivity contribution is -0.384. The largest absolute Gasteiger partial charge is 0.506 e. The van der Waals surface area contributed by atoms with Crippen molar-refractivity contribution in [3.8, 4) is 5.75 Å². The third-order valence-electron chi connectivity index (χ3n) is 2.12. The molecule has 0 aromatic heterocycles. The van der Waals surface area contributed by atoms with Crippen molar-refractivity contribution in [3.63, 3.8) is 0 Å². The molecule has 92 valence electrons. The number of phenols is 1. The normalized spacial score (nSPS) is 11.0. The summed E-state index contributed by atoms with van der Waals surface area (Å²) in [5, 5.41) is 22.5. The Labute approximate surface area is 98.4 Å². The van der Waals surface area contributed by atoms with E-state index in [9.17, 15) is 20.0 Å². The van der Waals surface area contributed by atoms with Crippen LogP contribution in [-0.4, -0.2) is 15.9 Å². The Morgan fingerprint density at radius 2 is 2.00 bits per heavy atom. The van der Waals surface area contributed by atoms with Crippen molar-refractivity contribution in [1.29, 1.82) is 0 Å². The monoisotopic (exact) mass is 238 g/mol. The topological polar surface area (TPSA) is 92.5 Å². The van der Waals surface area contributed by atoms with Gasteiger partial charge in [-0.3, -0.25) is 14.9 Å². The van der Waals surface area contributed by atoms with Crippen LogP contribution in [-0.2, 0) is 4.79 Å². The molecule has 0 aliphatic rings. The van der Waals surface area contributed by atoms with Gasteiger partial charge in [0, 0.05) is 11.5 Å². The quantitative estimate of drug-likeness (QED) is 0.469. The zero-order valence-corrected chi connectivity index (χ0v) is 9.85. The molecule has 1 rings (SSSR count). The Morgan fingerprint density at radius 1 is 1.41 bits per heavy atom. The molecule has 0 bridgehead atoms. The fourth-order valence-corrected chi connectivity index (χ4v) is 1.05. The average Bonchev–Trinajstić information content (AvgIpc) is 2.19. The van der Waals surface area contributed by atoms with Gasteiger partial charge in [0.1, 0.15) is 5.75 Å². The van der Waals surface area contributed by atoms with Crippen LogP contribution in [0.25, 0.3) is 0 Å². The van der Waals surface area contributed by atoms with E-state index in [1.165, 1.54) is 12.1 Å². The summed E-state index contributed by atoms with van der Waals surface area (Å²) in [5.74, 6) is -0.599. The van der Waals surface area contributed by atoms with E-state index in [0.29, 0.717) is 0 Å². The Balaban J connectivity index is 2.95. The van der Waals surface area contributed by atoms with Crippen molar-refractivity contribution in [2.24, 2.45) is 5.41 Å². The standard InChI is InChI=1S/C11H14N2O4/c1-11(2,3)10(15)12-8-5-4-7(13(16)17)6-9(8)14/h4-6,14H,1-3H3,(H,12,15). The first-order valence-corrected chi connectivity index (χ1v) is 5.00. The number of non-ortho nitro benzene ring substituents is 1. The van der Waals surface area contributed by atoms with Crippen LogP contribution in [0, 0.1) is 15.5 Å². The molecule has 0 fully saturated rings. The molecule has 0 unspecified atom stereocenters.